The molecule has 20 heavy (non-hydrogen) atoms. The standard InChI is InChI=1S/C16H15FN2S/c1-11(18-9-12-4-2-3-5-14(12)17)13-8-16-15(19-10-13)6-7-20-16/h2-8,10-11,18H,9H2,1H3. The van der Waals surface area contributed by atoms with Gasteiger partial charge in [-0.15, -0.1) is 11.3 Å². The highest BCUT2D eigenvalue weighted by atomic mass is 32.1. The average molecular weight is 286 g/mol. The third-order valence-corrected chi connectivity index (χ3v) is 4.23. The van der Waals surface area contributed by atoms with Gasteiger partial charge in [0.15, 0.2) is 0 Å². The van der Waals surface area contributed by atoms with Crippen LogP contribution in [0.2, 0.25) is 0 Å². The lowest BCUT2D eigenvalue weighted by molar-refractivity contribution is 0.544. The maximum Gasteiger partial charge on any atom is 0.127 e. The highest BCUT2D eigenvalue weighted by Crippen LogP contribution is 2.22. The molecule has 3 aromatic rings. The number of aromatic nitrogens is 1. The Balaban J connectivity index is 1.72. The predicted octanol–water partition coefficient (Wildman–Crippen LogP) is 4.29. The summed E-state index contributed by atoms with van der Waals surface area (Å²) in [4.78, 5) is 4.43. The van der Waals surface area contributed by atoms with E-state index in [2.05, 4.69) is 23.3 Å². The molecule has 3 rings (SSSR count). The summed E-state index contributed by atoms with van der Waals surface area (Å²) in [6.45, 7) is 2.58. The zero-order valence-corrected chi connectivity index (χ0v) is 12.0. The van der Waals surface area contributed by atoms with Crippen molar-refractivity contribution in [1.82, 2.24) is 10.3 Å². The summed E-state index contributed by atoms with van der Waals surface area (Å²) in [5, 5.41) is 5.38. The fourth-order valence-electron chi connectivity index (χ4n) is 2.12. The van der Waals surface area contributed by atoms with Gasteiger partial charge in [0.25, 0.3) is 0 Å². The molecule has 1 N–H and O–H groups in total. The second kappa shape index (κ2) is 5.69. The number of nitrogens with one attached hydrogen (secondary N) is 1. The summed E-state index contributed by atoms with van der Waals surface area (Å²) < 4.78 is 14.7. The number of hydrogen-bond donors (Lipinski definition) is 1. The summed E-state index contributed by atoms with van der Waals surface area (Å²) in [6.07, 6.45) is 1.88. The third kappa shape index (κ3) is 2.71. The normalized spacial score (nSPS) is 12.7. The fraction of sp³-hybridized carbons (Fsp3) is 0.188. The number of halogens is 1. The van der Waals surface area contributed by atoms with E-state index < -0.39 is 0 Å². The second-order valence-corrected chi connectivity index (χ2v) is 5.71. The molecule has 2 nitrogen and oxygen atoms in total. The Hall–Kier alpha value is -1.78. The third-order valence-electron chi connectivity index (χ3n) is 3.38. The van der Waals surface area contributed by atoms with Crippen molar-refractivity contribution in [3.63, 3.8) is 0 Å². The smallest absolute Gasteiger partial charge is 0.127 e. The SMILES string of the molecule is CC(NCc1ccccc1F)c1cnc2ccsc2c1. The zero-order chi connectivity index (χ0) is 13.9. The van der Waals surface area contributed by atoms with Crippen LogP contribution in [0, 0.1) is 5.82 Å². The first-order valence-electron chi connectivity index (χ1n) is 6.54. The zero-order valence-electron chi connectivity index (χ0n) is 11.1. The number of benzene rings is 1. The fourth-order valence-corrected chi connectivity index (χ4v) is 2.91. The summed E-state index contributed by atoms with van der Waals surface area (Å²) in [7, 11) is 0. The second-order valence-electron chi connectivity index (χ2n) is 4.77. The first kappa shape index (κ1) is 13.2. The molecule has 0 saturated heterocycles. The van der Waals surface area contributed by atoms with E-state index >= 15 is 0 Å². The van der Waals surface area contributed by atoms with Crippen molar-refractivity contribution in [1.29, 1.82) is 0 Å². The molecule has 1 atom stereocenters. The van der Waals surface area contributed by atoms with Crippen molar-refractivity contribution in [2.75, 3.05) is 0 Å². The molecule has 0 fully saturated rings. The van der Waals surface area contributed by atoms with Crippen LogP contribution in [0.5, 0.6) is 0 Å². The molecule has 1 unspecified atom stereocenters. The maximum atomic E-state index is 13.6. The first-order chi connectivity index (χ1) is 9.74. The Morgan fingerprint density at radius 2 is 2.15 bits per heavy atom. The average Bonchev–Trinajstić information content (AvgIpc) is 2.93. The van der Waals surface area contributed by atoms with Crippen LogP contribution < -0.4 is 5.32 Å². The lowest BCUT2D eigenvalue weighted by Gasteiger charge is -2.14. The lowest BCUT2D eigenvalue weighted by atomic mass is 10.1. The van der Waals surface area contributed by atoms with Gasteiger partial charge in [-0.1, -0.05) is 18.2 Å². The molecule has 0 radical (unpaired) electrons. The van der Waals surface area contributed by atoms with Crippen molar-refractivity contribution in [2.24, 2.45) is 0 Å². The molecule has 0 amide bonds. The minimum absolute atomic E-state index is 0.133. The van der Waals surface area contributed by atoms with Gasteiger partial charge in [-0.05, 0) is 36.1 Å². The Morgan fingerprint density at radius 3 is 3.00 bits per heavy atom. The topological polar surface area (TPSA) is 24.9 Å². The molecule has 0 aliphatic carbocycles. The van der Waals surface area contributed by atoms with E-state index in [0.29, 0.717) is 12.1 Å². The van der Waals surface area contributed by atoms with Gasteiger partial charge in [-0.25, -0.2) is 4.39 Å². The molecular formula is C16H15FN2S. The van der Waals surface area contributed by atoms with E-state index in [1.54, 1.807) is 23.5 Å². The molecule has 0 aliphatic rings. The van der Waals surface area contributed by atoms with Gasteiger partial charge in [0.1, 0.15) is 5.82 Å². The van der Waals surface area contributed by atoms with Gasteiger partial charge >= 0.3 is 0 Å². The van der Waals surface area contributed by atoms with E-state index in [0.717, 1.165) is 11.1 Å². The van der Waals surface area contributed by atoms with Crippen molar-refractivity contribution in [2.45, 2.75) is 19.5 Å². The van der Waals surface area contributed by atoms with E-state index in [1.807, 2.05) is 23.7 Å². The van der Waals surface area contributed by atoms with Gasteiger partial charge in [0.2, 0.25) is 0 Å². The predicted molar refractivity (Wildman–Crippen MR) is 81.3 cm³/mol. The molecule has 0 bridgehead atoms. The Bertz CT molecular complexity index is 723. The largest absolute Gasteiger partial charge is 0.306 e. The minimum Gasteiger partial charge on any atom is -0.306 e. The minimum atomic E-state index is -0.168. The van der Waals surface area contributed by atoms with Crippen molar-refractivity contribution >= 4 is 21.6 Å². The lowest BCUT2D eigenvalue weighted by Crippen LogP contribution is -2.18. The molecule has 2 aromatic heterocycles. The number of hydrogen-bond acceptors (Lipinski definition) is 3. The van der Waals surface area contributed by atoms with Crippen LogP contribution in [0.25, 0.3) is 10.2 Å². The van der Waals surface area contributed by atoms with Crippen molar-refractivity contribution < 1.29 is 4.39 Å². The molecule has 0 saturated carbocycles. The van der Waals surface area contributed by atoms with E-state index in [-0.39, 0.29) is 11.9 Å². The molecule has 2 heterocycles. The van der Waals surface area contributed by atoms with Crippen LogP contribution in [-0.2, 0) is 6.54 Å². The molecule has 0 spiro atoms. The molecule has 102 valence electrons. The monoisotopic (exact) mass is 286 g/mol. The Kier molecular flexibility index (Phi) is 3.76. The highest BCUT2D eigenvalue weighted by molar-refractivity contribution is 7.17. The van der Waals surface area contributed by atoms with Gasteiger partial charge in [0, 0.05) is 24.3 Å². The quantitative estimate of drug-likeness (QED) is 0.774. The molecule has 1 aromatic carbocycles. The first-order valence-corrected chi connectivity index (χ1v) is 7.42. The van der Waals surface area contributed by atoms with Crippen LogP contribution in [0.15, 0.2) is 48.0 Å². The van der Waals surface area contributed by atoms with E-state index in [9.17, 15) is 4.39 Å². The number of nitrogens with zero attached hydrogens (tertiary/aromatic N) is 1. The van der Waals surface area contributed by atoms with E-state index in [4.69, 9.17) is 0 Å². The van der Waals surface area contributed by atoms with Crippen LogP contribution in [0.1, 0.15) is 24.1 Å². The Labute approximate surface area is 121 Å². The van der Waals surface area contributed by atoms with Gasteiger partial charge in [-0.3, -0.25) is 4.98 Å². The van der Waals surface area contributed by atoms with E-state index in [1.165, 1.54) is 10.8 Å². The molecular weight excluding hydrogens is 271 g/mol. The molecule has 0 aliphatic heterocycles. The number of fused-ring (bicyclic) bond motifs is 1. The summed E-state index contributed by atoms with van der Waals surface area (Å²) in [6, 6.07) is 11.1. The van der Waals surface area contributed by atoms with Crippen LogP contribution >= 0.6 is 11.3 Å². The van der Waals surface area contributed by atoms with Crippen LogP contribution in [0.4, 0.5) is 4.39 Å². The number of thiophene rings is 1. The summed E-state index contributed by atoms with van der Waals surface area (Å²) >= 11 is 1.69. The van der Waals surface area contributed by atoms with Gasteiger partial charge in [-0.2, -0.15) is 0 Å². The van der Waals surface area contributed by atoms with Gasteiger partial charge < -0.3 is 5.32 Å². The van der Waals surface area contributed by atoms with Gasteiger partial charge in [0.05, 0.1) is 10.2 Å². The highest BCUT2D eigenvalue weighted by Gasteiger charge is 2.08. The van der Waals surface area contributed by atoms with Crippen LogP contribution in [0.3, 0.4) is 0 Å². The van der Waals surface area contributed by atoms with Crippen molar-refractivity contribution in [3.8, 4) is 0 Å². The van der Waals surface area contributed by atoms with Crippen LogP contribution in [-0.4, -0.2) is 4.98 Å². The number of pyridine rings is 1. The Morgan fingerprint density at radius 1 is 1.30 bits per heavy atom. The summed E-state index contributed by atoms with van der Waals surface area (Å²) in [5.74, 6) is -0.168. The maximum absolute atomic E-state index is 13.6. The number of rotatable bonds is 4. The van der Waals surface area contributed by atoms with Crippen molar-refractivity contribution in [3.05, 3.63) is 64.9 Å². The molecule has 4 heteroatoms. The summed E-state index contributed by atoms with van der Waals surface area (Å²) in [5.41, 5.74) is 2.83.